The molecule has 18 rings (SSSR count). The van der Waals surface area contributed by atoms with Crippen molar-refractivity contribution < 1.29 is 28.3 Å². The number of aromatic nitrogens is 15. The van der Waals surface area contributed by atoms with Crippen LogP contribution in [-0.4, -0.2) is 96.7 Å². The van der Waals surface area contributed by atoms with Gasteiger partial charge in [0.05, 0.1) is 80.3 Å². The maximum absolute atomic E-state index is 16.9. The Balaban J connectivity index is 0.661. The van der Waals surface area contributed by atoms with Gasteiger partial charge in [0, 0.05) is 111 Å². The second kappa shape index (κ2) is 27.8. The first-order valence-electron chi connectivity index (χ1n) is 37.7. The van der Waals surface area contributed by atoms with Gasteiger partial charge >= 0.3 is 0 Å². The first-order chi connectivity index (χ1) is 54.9. The quantitative estimate of drug-likeness (QED) is 0.0996. The van der Waals surface area contributed by atoms with Crippen LogP contribution in [0.4, 0.5) is 8.78 Å². The molecule has 6 aliphatic carbocycles. The minimum absolute atomic E-state index is 0.00248. The number of allylic oxidation sites excluding steroid dienone is 6. The molecule has 6 aliphatic rings. The molecule has 9 aromatic heterocycles. The van der Waals surface area contributed by atoms with Gasteiger partial charge < -0.3 is 5.11 Å². The summed E-state index contributed by atoms with van der Waals surface area (Å²) in [5.41, 5.74) is 13.2. The fourth-order valence-electron chi connectivity index (χ4n) is 19.5. The van der Waals surface area contributed by atoms with E-state index >= 15 is 13.6 Å². The van der Waals surface area contributed by atoms with Crippen LogP contribution in [0.3, 0.4) is 0 Å². The van der Waals surface area contributed by atoms with Crippen LogP contribution >= 0.6 is 0 Å². The summed E-state index contributed by atoms with van der Waals surface area (Å²) >= 11 is 0. The molecular formula is C89H70F2N18O4. The molecule has 113 heavy (non-hydrogen) atoms. The minimum Gasteiger partial charge on any atom is -0.390 e. The van der Waals surface area contributed by atoms with Gasteiger partial charge in [-0.3, -0.25) is 29.3 Å². The van der Waals surface area contributed by atoms with Crippen LogP contribution in [0.5, 0.6) is 0 Å². The molecular weight excluding hydrogens is 1420 g/mol. The van der Waals surface area contributed by atoms with Gasteiger partial charge in [0.25, 0.3) is 0 Å². The van der Waals surface area contributed by atoms with Crippen LogP contribution in [0, 0.1) is 75.3 Å². The van der Waals surface area contributed by atoms with Crippen molar-refractivity contribution in [1.82, 2.24) is 74.2 Å². The average Bonchev–Trinajstić information content (AvgIpc) is 1.59. The Morgan fingerprint density at radius 2 is 0.903 bits per heavy atom. The lowest BCUT2D eigenvalue weighted by Crippen LogP contribution is -2.48. The van der Waals surface area contributed by atoms with E-state index in [9.17, 15) is 30.5 Å². The van der Waals surface area contributed by atoms with E-state index < -0.39 is 46.5 Å². The molecule has 1 N–H and O–H groups in total. The van der Waals surface area contributed by atoms with Gasteiger partial charge in [0.2, 0.25) is 0 Å². The van der Waals surface area contributed by atoms with Crippen molar-refractivity contribution in [1.29, 1.82) is 15.8 Å². The first-order valence-corrected chi connectivity index (χ1v) is 37.7. The summed E-state index contributed by atoms with van der Waals surface area (Å²) in [6, 6.07) is 43.4. The minimum atomic E-state index is -1.06. The van der Waals surface area contributed by atoms with Crippen LogP contribution in [0.25, 0.3) is 84.6 Å². The molecule has 0 fully saturated rings. The Morgan fingerprint density at radius 3 is 1.34 bits per heavy atom. The van der Waals surface area contributed by atoms with E-state index in [1.54, 1.807) is 78.1 Å². The van der Waals surface area contributed by atoms with Crippen molar-refractivity contribution in [2.45, 2.75) is 109 Å². The fourth-order valence-corrected chi connectivity index (χ4v) is 19.5. The Hall–Kier alpha value is -13.5. The molecule has 12 aromatic rings. The van der Waals surface area contributed by atoms with E-state index in [0.717, 1.165) is 56.9 Å². The van der Waals surface area contributed by atoms with E-state index in [1.165, 1.54) is 25.0 Å². The molecule has 22 nitrogen and oxygen atoms in total. The van der Waals surface area contributed by atoms with E-state index in [2.05, 4.69) is 66.9 Å². The first kappa shape index (κ1) is 71.1. The molecule has 0 amide bonds. The van der Waals surface area contributed by atoms with Crippen molar-refractivity contribution in [3.05, 3.63) is 269 Å². The summed E-state index contributed by atoms with van der Waals surface area (Å²) in [6.45, 7) is 6.73. The Kier molecular flexibility index (Phi) is 17.5. The predicted octanol–water partition coefficient (Wildman–Crippen LogP) is 13.8. The van der Waals surface area contributed by atoms with Gasteiger partial charge in [-0.05, 0) is 169 Å². The molecule has 0 saturated carbocycles. The van der Waals surface area contributed by atoms with Crippen LogP contribution in [0.2, 0.25) is 0 Å². The number of nitrogens with zero attached hydrogens (tertiary/aromatic N) is 18. The number of aliphatic hydroxyl groups excluding tert-OH is 1. The molecule has 0 radical (unpaired) electrons. The topological polar surface area (TPSA) is 312 Å². The maximum atomic E-state index is 16.9. The van der Waals surface area contributed by atoms with E-state index in [-0.39, 0.29) is 82.7 Å². The number of Topliss-reactive ketones (excluding diaryl/α,β-unsaturated/α-hetero) is 3. The Morgan fingerprint density at radius 1 is 0.478 bits per heavy atom. The van der Waals surface area contributed by atoms with Crippen molar-refractivity contribution in [2.24, 2.45) is 35.5 Å². The fraction of sp³-hybridized carbons (Fsp3) is 0.258. The zero-order valence-electron chi connectivity index (χ0n) is 61.9. The van der Waals surface area contributed by atoms with E-state index in [0.29, 0.717) is 111 Å². The molecule has 0 bridgehead atoms. The summed E-state index contributed by atoms with van der Waals surface area (Å²) in [6.07, 6.45) is 21.5. The largest absolute Gasteiger partial charge is 0.390 e. The van der Waals surface area contributed by atoms with Crippen molar-refractivity contribution >= 4 is 17.3 Å². The third-order valence-electron chi connectivity index (χ3n) is 24.6. The summed E-state index contributed by atoms with van der Waals surface area (Å²) in [5, 5.41) is 58.6. The highest BCUT2D eigenvalue weighted by Crippen LogP contribution is 2.57. The summed E-state index contributed by atoms with van der Waals surface area (Å²) in [7, 11) is 0. The number of hydrogen-bond acceptors (Lipinski definition) is 19. The van der Waals surface area contributed by atoms with Gasteiger partial charge in [0.15, 0.2) is 17.3 Å². The summed E-state index contributed by atoms with van der Waals surface area (Å²) in [5.74, 6) is -4.23. The number of benzene rings is 3. The van der Waals surface area contributed by atoms with Crippen LogP contribution < -0.4 is 0 Å². The smallest absolute Gasteiger partial charge is 0.176 e. The highest BCUT2D eigenvalue weighted by atomic mass is 19.1. The number of aliphatic hydroxyl groups is 1. The summed E-state index contributed by atoms with van der Waals surface area (Å²) in [4.78, 5) is 83.8. The monoisotopic (exact) mass is 1490 g/mol. The molecule has 9 atom stereocenters. The number of carbonyl (C=O) groups excluding carboxylic acids is 3. The van der Waals surface area contributed by atoms with Crippen molar-refractivity contribution in [3.63, 3.8) is 0 Å². The van der Waals surface area contributed by atoms with Gasteiger partial charge in [0.1, 0.15) is 72.5 Å². The zero-order valence-corrected chi connectivity index (χ0v) is 61.9. The lowest BCUT2D eigenvalue weighted by Gasteiger charge is -2.46. The van der Waals surface area contributed by atoms with Crippen molar-refractivity contribution in [3.8, 4) is 103 Å². The summed E-state index contributed by atoms with van der Waals surface area (Å²) < 4.78 is 37.6. The number of carbonyl (C=O) groups is 3. The maximum Gasteiger partial charge on any atom is 0.176 e. The van der Waals surface area contributed by atoms with Gasteiger partial charge in [-0.1, -0.05) is 82.3 Å². The SMILES string of the molecule is C[C@H]1C(=O)C(C#N)=C[C@@]2(C)c3c(c(-c4ccncn4)nn3-c3ccc(-c4cc(CO)nc(C[C@H]5C(=O)C(C#N)=C[C@@]6(C)c7c(c(-c8ccncn8)nn7-c7ccc(-c8cc(CF)nc(C[C@H]9C(=O)C(C#N)=C[C@@]%10(C)c%11c(c(-c%12ccncn%12)nn%11-c%11ccc(-c%12cccnc%12)cc%11F)CC[C@H]9%10)c8)cc7)CC[C@H]56)c4)cc3)CC[C@H]12. The molecule has 0 saturated heterocycles. The number of rotatable bonds is 15. The van der Waals surface area contributed by atoms with Crippen LogP contribution in [0.15, 0.2) is 206 Å². The average molecular weight is 1490 g/mol. The van der Waals surface area contributed by atoms with Gasteiger partial charge in [-0.15, -0.1) is 0 Å². The van der Waals surface area contributed by atoms with Gasteiger partial charge in [-0.2, -0.15) is 31.1 Å². The van der Waals surface area contributed by atoms with E-state index in [4.69, 9.17) is 25.3 Å². The number of pyridine rings is 3. The Labute approximate surface area is 647 Å². The number of alkyl halides is 1. The molecule has 9 heterocycles. The second-order valence-corrected chi connectivity index (χ2v) is 30.8. The molecule has 0 spiro atoms. The zero-order chi connectivity index (χ0) is 77.8. The third-order valence-corrected chi connectivity index (χ3v) is 24.6. The highest BCUT2D eigenvalue weighted by molar-refractivity contribution is 6.04. The molecule has 24 heteroatoms. The molecule has 0 unspecified atom stereocenters. The number of halogens is 2. The van der Waals surface area contributed by atoms with Crippen molar-refractivity contribution in [2.75, 3.05) is 0 Å². The molecule has 0 aliphatic heterocycles. The number of ketones is 3. The van der Waals surface area contributed by atoms with E-state index in [1.807, 2.05) is 114 Å². The van der Waals surface area contributed by atoms with Gasteiger partial charge in [-0.25, -0.2) is 52.7 Å². The predicted molar refractivity (Wildman–Crippen MR) is 411 cm³/mol. The van der Waals surface area contributed by atoms with Crippen LogP contribution in [0.1, 0.15) is 104 Å². The second-order valence-electron chi connectivity index (χ2n) is 30.8. The molecule has 3 aromatic carbocycles. The number of hydrogen-bond donors (Lipinski definition) is 1. The Bertz CT molecular complexity index is 6160. The lowest BCUT2D eigenvalue weighted by molar-refractivity contribution is -0.123. The number of fused-ring (bicyclic) bond motifs is 9. The lowest BCUT2D eigenvalue weighted by atomic mass is 9.56. The number of nitriles is 3. The normalized spacial score (nSPS) is 22.7. The third kappa shape index (κ3) is 11.7. The highest BCUT2D eigenvalue weighted by Gasteiger charge is 2.56. The van der Waals surface area contributed by atoms with Crippen LogP contribution in [-0.2, 0) is 76.0 Å². The standard InChI is InChI=1S/C89H70F2N18O4/c1-49-70-19-16-65-78(74-23-27-96-46-99-74)104-107(84(65)87(70,2)37-56(41-92)81(49)111)63-14-9-51(10-15-63)55-31-60(103-62(33-55)45-110)36-69-71-20-17-66-79(75-24-28-97-47-100-75)105-108(85(66)88(71,3)38-57(42-93)82(69)112)64-12-7-50(8-13-64)54-30-59(102-61(32-54)40-90)35-68-72-21-18-67-80(76-25-29-98-48-101-76)106-109(86(67)89(72,4)39-58(43-94)83(68)113)77-22-11-52(34-73(77)91)53-6-5-26-95-44-53/h5-15,22-34,37-39,44,46-49,68-72,110H,16-21,35-36,40,45H2,1-4H3/t49-,68-,69-,70-,71-,72-,87-,88-,89-/m1/s1. The molecule has 554 valence electrons.